The minimum Gasteiger partial charge on any atom is -0.481 e. The van der Waals surface area contributed by atoms with Gasteiger partial charge in [-0.05, 0) is 149 Å². The maximum atomic E-state index is 13.3. The van der Waals surface area contributed by atoms with Crippen LogP contribution >= 0.6 is 0 Å². The van der Waals surface area contributed by atoms with Gasteiger partial charge in [0.2, 0.25) is 5.91 Å². The van der Waals surface area contributed by atoms with Crippen LogP contribution in [-0.2, 0) is 19.1 Å². The van der Waals surface area contributed by atoms with E-state index in [-0.39, 0.29) is 45.5 Å². The van der Waals surface area contributed by atoms with E-state index in [2.05, 4.69) is 46.4 Å². The first-order valence-electron chi connectivity index (χ1n) is 22.4. The maximum Gasteiger partial charge on any atom is 0.309 e. The number of carbonyl (C=O) groups excluding carboxylic acids is 2. The lowest BCUT2D eigenvalue weighted by Crippen LogP contribution is -2.68. The molecule has 7 fully saturated rings. The van der Waals surface area contributed by atoms with Crippen molar-refractivity contribution in [3.05, 3.63) is 0 Å². The molecule has 4 N–H and O–H groups in total. The van der Waals surface area contributed by atoms with Crippen molar-refractivity contribution in [3.63, 3.8) is 0 Å². The molecule has 7 rings (SSSR count). The van der Waals surface area contributed by atoms with Gasteiger partial charge in [0.15, 0.2) is 0 Å². The number of rotatable bonds is 10. The summed E-state index contributed by atoms with van der Waals surface area (Å²) in [4.78, 5) is 42.3. The molecule has 1 saturated heterocycles. The van der Waals surface area contributed by atoms with Crippen LogP contribution in [-0.4, -0.2) is 99.8 Å². The molecule has 1 aliphatic heterocycles. The molecule has 6 aliphatic carbocycles. The zero-order valence-electron chi connectivity index (χ0n) is 36.3. The Bertz CT molecular complexity index is 1550. The second kappa shape index (κ2) is 13.9. The number of aliphatic hydroxyl groups is 3. The van der Waals surface area contributed by atoms with Crippen molar-refractivity contribution < 1.29 is 39.5 Å². The molecule has 0 bridgehead atoms. The van der Waals surface area contributed by atoms with Gasteiger partial charge in [-0.15, -0.1) is 0 Å². The smallest absolute Gasteiger partial charge is 0.309 e. The summed E-state index contributed by atoms with van der Waals surface area (Å²) >= 11 is 0. The first-order valence-corrected chi connectivity index (χ1v) is 22.4. The number of nitrogens with zero attached hydrogens (tertiary/aromatic N) is 2. The molecule has 10 heteroatoms. The second-order valence-corrected chi connectivity index (χ2v) is 23.0. The highest BCUT2D eigenvalue weighted by molar-refractivity contribution is 5.83. The molecule has 1 amide bonds. The number of carboxylic acid groups (broad SMARTS) is 1. The van der Waals surface area contributed by atoms with E-state index in [1.807, 2.05) is 0 Å². The van der Waals surface area contributed by atoms with E-state index in [0.29, 0.717) is 61.2 Å². The number of hydrogen-bond acceptors (Lipinski definition) is 8. The Labute approximate surface area is 336 Å². The molecular formula is C46H76N2O8. The normalized spacial score (nSPS) is 42.4. The van der Waals surface area contributed by atoms with Crippen LogP contribution in [0.3, 0.4) is 0 Å². The van der Waals surface area contributed by atoms with Crippen molar-refractivity contribution in [2.75, 3.05) is 39.4 Å². The Morgan fingerprint density at radius 2 is 1.38 bits per heavy atom. The minimum atomic E-state index is -1.19. The van der Waals surface area contributed by atoms with Gasteiger partial charge in [-0.25, -0.2) is 0 Å². The third kappa shape index (κ3) is 6.16. The van der Waals surface area contributed by atoms with Gasteiger partial charge >= 0.3 is 11.9 Å². The summed E-state index contributed by atoms with van der Waals surface area (Å²) in [6.45, 7) is 21.2. The van der Waals surface area contributed by atoms with Crippen LogP contribution in [0.4, 0.5) is 0 Å². The van der Waals surface area contributed by atoms with Crippen LogP contribution in [0.25, 0.3) is 0 Å². The molecule has 7 aliphatic rings. The number of carboxylic acids is 1. The predicted molar refractivity (Wildman–Crippen MR) is 214 cm³/mol. The summed E-state index contributed by atoms with van der Waals surface area (Å²) in [5.74, 6) is 0.968. The Hall–Kier alpha value is -1.75. The Morgan fingerprint density at radius 1 is 0.732 bits per heavy atom. The van der Waals surface area contributed by atoms with Crippen LogP contribution in [0.5, 0.6) is 0 Å². The van der Waals surface area contributed by atoms with Gasteiger partial charge in [0, 0.05) is 37.0 Å². The number of esters is 1. The van der Waals surface area contributed by atoms with Crippen LogP contribution in [0, 0.1) is 72.9 Å². The SMILES string of the molecule is CC(C)(CC(=O)O[C@H]1CC[C@@]2(C)C(CC[C@]3(C)C2CCC2C4C(C5(C)CC5)CCC4(C(O)N4CCN(C(=O)C(C)(CO)CO)CC4)CC[C@]23C)C1(C)C)C(=O)O. The Kier molecular flexibility index (Phi) is 10.5. The van der Waals surface area contributed by atoms with Crippen molar-refractivity contribution in [2.45, 2.75) is 158 Å². The molecule has 0 aromatic carbocycles. The van der Waals surface area contributed by atoms with E-state index >= 15 is 0 Å². The van der Waals surface area contributed by atoms with Crippen LogP contribution in [0.1, 0.15) is 146 Å². The summed E-state index contributed by atoms with van der Waals surface area (Å²) in [6, 6.07) is 0. The molecule has 56 heavy (non-hydrogen) atoms. The van der Waals surface area contributed by atoms with E-state index in [1.54, 1.807) is 25.7 Å². The van der Waals surface area contributed by atoms with E-state index in [4.69, 9.17) is 4.74 Å². The number of aliphatic hydroxyl groups excluding tert-OH is 3. The van der Waals surface area contributed by atoms with Gasteiger partial charge in [-0.1, -0.05) is 41.5 Å². The Balaban J connectivity index is 1.12. The maximum absolute atomic E-state index is 13.3. The summed E-state index contributed by atoms with van der Waals surface area (Å²) in [6.07, 6.45) is 12.5. The topological polar surface area (TPSA) is 148 Å². The fourth-order valence-electron chi connectivity index (χ4n) is 15.4. The van der Waals surface area contributed by atoms with E-state index in [0.717, 1.165) is 44.9 Å². The molecule has 0 aromatic rings. The van der Waals surface area contributed by atoms with Crippen molar-refractivity contribution in [1.82, 2.24) is 9.80 Å². The molecular weight excluding hydrogens is 709 g/mol. The number of carbonyl (C=O) groups is 3. The number of hydrogen-bond donors (Lipinski definition) is 4. The predicted octanol–water partition coefficient (Wildman–Crippen LogP) is 6.73. The number of aliphatic carboxylic acids is 1. The minimum absolute atomic E-state index is 0.110. The van der Waals surface area contributed by atoms with Gasteiger partial charge in [-0.2, -0.15) is 0 Å². The Morgan fingerprint density at radius 3 is 1.96 bits per heavy atom. The molecule has 11 atom stereocenters. The highest BCUT2D eigenvalue weighted by atomic mass is 16.5. The molecule has 0 spiro atoms. The van der Waals surface area contributed by atoms with Gasteiger partial charge in [0.05, 0.1) is 30.5 Å². The second-order valence-electron chi connectivity index (χ2n) is 23.0. The zero-order valence-corrected chi connectivity index (χ0v) is 36.3. The average molecular weight is 785 g/mol. The number of fused-ring (bicyclic) bond motifs is 7. The van der Waals surface area contributed by atoms with Crippen molar-refractivity contribution in [2.24, 2.45) is 72.9 Å². The summed E-state index contributed by atoms with van der Waals surface area (Å²) in [5, 5.41) is 42.1. The van der Waals surface area contributed by atoms with Crippen molar-refractivity contribution in [3.8, 4) is 0 Å². The molecule has 0 aromatic heterocycles. The van der Waals surface area contributed by atoms with Crippen LogP contribution in [0.15, 0.2) is 0 Å². The highest BCUT2D eigenvalue weighted by Crippen LogP contribution is 2.79. The standard InChI is InChI=1S/C46H76N2O8/c1-39(2,38(54)55)26-34(51)56-33-14-15-43(7)31(40(33,3)4)13-16-45(9)32(43)11-10-30-35-29(41(5)18-19-41)12-17-46(35,21-20-44(30,45)8)37(53)48-24-22-47(23-25-48)36(52)42(6,27-49)28-50/h29-33,35,37,49-50,53H,10-28H2,1-9H3,(H,54,55)/t29?,30?,31?,32?,33-,35?,37?,43-,44+,45+,46?/m0/s1. The van der Waals surface area contributed by atoms with Gasteiger partial charge in [0.25, 0.3) is 0 Å². The van der Waals surface area contributed by atoms with Gasteiger partial charge < -0.3 is 30.1 Å². The lowest BCUT2D eigenvalue weighted by atomic mass is 9.32. The molecule has 7 unspecified atom stereocenters. The highest BCUT2D eigenvalue weighted by Gasteiger charge is 2.73. The fourth-order valence-corrected chi connectivity index (χ4v) is 15.4. The van der Waals surface area contributed by atoms with Crippen LogP contribution < -0.4 is 0 Å². The molecule has 318 valence electrons. The number of ether oxygens (including phenoxy) is 1. The lowest BCUT2D eigenvalue weighted by molar-refractivity contribution is -0.264. The molecule has 0 radical (unpaired) electrons. The molecule has 10 nitrogen and oxygen atoms in total. The van der Waals surface area contributed by atoms with Crippen LogP contribution in [0.2, 0.25) is 0 Å². The number of amides is 1. The first kappa shape index (κ1) is 42.4. The molecule has 6 saturated carbocycles. The van der Waals surface area contributed by atoms with E-state index < -0.39 is 42.2 Å². The lowest BCUT2D eigenvalue weighted by Gasteiger charge is -2.73. The summed E-state index contributed by atoms with van der Waals surface area (Å²) < 4.78 is 6.21. The van der Waals surface area contributed by atoms with Crippen molar-refractivity contribution >= 4 is 17.8 Å². The van der Waals surface area contributed by atoms with E-state index in [1.165, 1.54) is 32.1 Å². The third-order valence-electron chi connectivity index (χ3n) is 19.5. The largest absolute Gasteiger partial charge is 0.481 e. The number of piperazine rings is 1. The van der Waals surface area contributed by atoms with Crippen molar-refractivity contribution in [1.29, 1.82) is 0 Å². The zero-order chi connectivity index (χ0) is 41.1. The third-order valence-corrected chi connectivity index (χ3v) is 19.5. The molecule has 1 heterocycles. The monoisotopic (exact) mass is 785 g/mol. The van der Waals surface area contributed by atoms with Gasteiger partial charge in [-0.3, -0.25) is 19.3 Å². The van der Waals surface area contributed by atoms with Gasteiger partial charge in [0.1, 0.15) is 12.3 Å². The first-order chi connectivity index (χ1) is 26.0. The summed E-state index contributed by atoms with van der Waals surface area (Å²) in [5.41, 5.74) is -1.97. The average Bonchev–Trinajstić information content (AvgIpc) is 3.76. The quantitative estimate of drug-likeness (QED) is 0.177. The fraction of sp³-hybridized carbons (Fsp3) is 0.935. The summed E-state index contributed by atoms with van der Waals surface area (Å²) in [7, 11) is 0. The van der Waals surface area contributed by atoms with E-state index in [9.17, 15) is 34.8 Å².